The zero-order chi connectivity index (χ0) is 18.7. The molecular weight excluding hydrogens is 404 g/mol. The molecule has 1 N–H and O–H groups in total. The molecule has 0 spiro atoms. The van der Waals surface area contributed by atoms with Gasteiger partial charge in [-0.3, -0.25) is 4.79 Å². The number of hydrogen-bond donors (Lipinski definition) is 1. The predicted molar refractivity (Wildman–Crippen MR) is 110 cm³/mol. The first-order valence-corrected chi connectivity index (χ1v) is 9.39. The van der Waals surface area contributed by atoms with Crippen LogP contribution in [0.3, 0.4) is 0 Å². The van der Waals surface area contributed by atoms with E-state index in [9.17, 15) is 4.79 Å². The summed E-state index contributed by atoms with van der Waals surface area (Å²) in [6, 6.07) is 25.0. The second kappa shape index (κ2) is 7.37. The Bertz CT molecular complexity index is 1000. The largest absolute Gasteiger partial charge is 0.374 e. The summed E-state index contributed by atoms with van der Waals surface area (Å²) >= 11 is 3.57. The van der Waals surface area contributed by atoms with Gasteiger partial charge < -0.3 is 10.2 Å². The second-order valence-corrected chi connectivity index (χ2v) is 7.19. The molecule has 1 aliphatic rings. The van der Waals surface area contributed by atoms with E-state index >= 15 is 0 Å². The van der Waals surface area contributed by atoms with Crippen LogP contribution in [0.2, 0.25) is 0 Å². The molecule has 1 aliphatic heterocycles. The minimum Gasteiger partial charge on any atom is -0.374 e. The molecule has 3 aromatic rings. The number of hydrogen-bond acceptors (Lipinski definition) is 3. The summed E-state index contributed by atoms with van der Waals surface area (Å²) in [4.78, 5) is 18.9. The molecular formula is C22H17BrN2O2. The van der Waals surface area contributed by atoms with E-state index in [0.717, 1.165) is 26.9 Å². The molecule has 0 saturated carbocycles. The van der Waals surface area contributed by atoms with E-state index in [-0.39, 0.29) is 5.91 Å². The van der Waals surface area contributed by atoms with Crippen molar-refractivity contribution in [2.24, 2.45) is 5.16 Å². The number of fused-ring (bicyclic) bond motifs is 1. The fourth-order valence-electron chi connectivity index (χ4n) is 3.21. The standard InChI is InChI=1S/C22H17BrN2O2/c23-19-12-6-4-10-17(19)14-22(27-24-15-16-8-2-1-3-9-16)18-11-5-7-13-20(18)25-21(22)26/h1-13,15H,14H2,(H,25,26)/b24-15+/t22-/m0/s1. The molecule has 0 fully saturated rings. The lowest BCUT2D eigenvalue weighted by atomic mass is 9.88. The van der Waals surface area contributed by atoms with Crippen molar-refractivity contribution in [3.63, 3.8) is 0 Å². The van der Waals surface area contributed by atoms with Crippen molar-refractivity contribution >= 4 is 33.7 Å². The van der Waals surface area contributed by atoms with Crippen LogP contribution < -0.4 is 5.32 Å². The van der Waals surface area contributed by atoms with Crippen molar-refractivity contribution in [3.05, 3.63) is 100 Å². The van der Waals surface area contributed by atoms with Crippen molar-refractivity contribution in [2.75, 3.05) is 5.32 Å². The Morgan fingerprint density at radius 1 is 0.963 bits per heavy atom. The van der Waals surface area contributed by atoms with Crippen molar-refractivity contribution in [3.8, 4) is 0 Å². The Morgan fingerprint density at radius 2 is 1.67 bits per heavy atom. The monoisotopic (exact) mass is 420 g/mol. The molecule has 1 atom stereocenters. The Kier molecular flexibility index (Phi) is 4.77. The summed E-state index contributed by atoms with van der Waals surface area (Å²) in [7, 11) is 0. The highest BCUT2D eigenvalue weighted by Gasteiger charge is 2.50. The van der Waals surface area contributed by atoms with Gasteiger partial charge in [-0.25, -0.2) is 0 Å². The van der Waals surface area contributed by atoms with Crippen molar-refractivity contribution in [1.82, 2.24) is 0 Å². The van der Waals surface area contributed by atoms with Crippen LogP contribution in [0.15, 0.2) is 88.5 Å². The van der Waals surface area contributed by atoms with E-state index in [1.165, 1.54) is 0 Å². The normalized spacial score (nSPS) is 18.3. The lowest BCUT2D eigenvalue weighted by Crippen LogP contribution is -2.38. The number of carbonyl (C=O) groups excluding carboxylic acids is 1. The minimum absolute atomic E-state index is 0.218. The number of carbonyl (C=O) groups is 1. The van der Waals surface area contributed by atoms with E-state index in [4.69, 9.17) is 4.84 Å². The molecule has 27 heavy (non-hydrogen) atoms. The first-order chi connectivity index (χ1) is 13.2. The van der Waals surface area contributed by atoms with Crippen LogP contribution in [0, 0.1) is 0 Å². The molecule has 1 heterocycles. The molecule has 0 radical (unpaired) electrons. The molecule has 0 saturated heterocycles. The third-order valence-electron chi connectivity index (χ3n) is 4.58. The topological polar surface area (TPSA) is 50.7 Å². The maximum absolute atomic E-state index is 13.0. The van der Waals surface area contributed by atoms with Crippen LogP contribution in [0.5, 0.6) is 0 Å². The zero-order valence-electron chi connectivity index (χ0n) is 14.4. The number of oxime groups is 1. The van der Waals surface area contributed by atoms with Gasteiger partial charge in [0.05, 0.1) is 6.21 Å². The summed E-state index contributed by atoms with van der Waals surface area (Å²) in [6.07, 6.45) is 1.99. The van der Waals surface area contributed by atoms with E-state index in [1.807, 2.05) is 78.9 Å². The van der Waals surface area contributed by atoms with Gasteiger partial charge in [0, 0.05) is 22.1 Å². The first-order valence-electron chi connectivity index (χ1n) is 8.60. The fraction of sp³-hybridized carbons (Fsp3) is 0.0909. The maximum atomic E-state index is 13.0. The molecule has 0 aliphatic carbocycles. The molecule has 4 nitrogen and oxygen atoms in total. The third-order valence-corrected chi connectivity index (χ3v) is 5.36. The van der Waals surface area contributed by atoms with Gasteiger partial charge in [-0.1, -0.05) is 87.8 Å². The average Bonchev–Trinajstić information content (AvgIpc) is 2.96. The predicted octanol–water partition coefficient (Wildman–Crippen LogP) is 4.89. The summed E-state index contributed by atoms with van der Waals surface area (Å²) in [5.74, 6) is -0.218. The number of amides is 1. The number of benzene rings is 3. The van der Waals surface area contributed by atoms with Gasteiger partial charge in [-0.2, -0.15) is 0 Å². The highest BCUT2D eigenvalue weighted by atomic mass is 79.9. The summed E-state index contributed by atoms with van der Waals surface area (Å²) in [6.45, 7) is 0. The molecule has 1 amide bonds. The van der Waals surface area contributed by atoms with Crippen molar-refractivity contribution in [1.29, 1.82) is 0 Å². The van der Waals surface area contributed by atoms with E-state index in [0.29, 0.717) is 6.42 Å². The smallest absolute Gasteiger partial charge is 0.276 e. The number of rotatable bonds is 5. The molecule has 3 aromatic carbocycles. The lowest BCUT2D eigenvalue weighted by Gasteiger charge is -2.25. The van der Waals surface area contributed by atoms with Crippen molar-refractivity contribution < 1.29 is 9.63 Å². The Labute approximate surface area is 166 Å². The van der Waals surface area contributed by atoms with Crippen LogP contribution in [0.1, 0.15) is 16.7 Å². The van der Waals surface area contributed by atoms with Gasteiger partial charge in [0.15, 0.2) is 0 Å². The Balaban J connectivity index is 1.73. The SMILES string of the molecule is O=C1Nc2ccccc2[C@]1(Cc1ccccc1Br)O/N=C/c1ccccc1. The van der Waals surface area contributed by atoms with Gasteiger partial charge in [0.25, 0.3) is 5.91 Å². The maximum Gasteiger partial charge on any atom is 0.276 e. The van der Waals surface area contributed by atoms with Gasteiger partial charge in [-0.05, 0) is 23.3 Å². The molecule has 4 rings (SSSR count). The van der Waals surface area contributed by atoms with E-state index < -0.39 is 5.60 Å². The first kappa shape index (κ1) is 17.5. The van der Waals surface area contributed by atoms with Gasteiger partial charge in [-0.15, -0.1) is 0 Å². The van der Waals surface area contributed by atoms with Crippen LogP contribution >= 0.6 is 15.9 Å². The Morgan fingerprint density at radius 3 is 2.48 bits per heavy atom. The number of halogens is 1. The molecule has 134 valence electrons. The highest BCUT2D eigenvalue weighted by molar-refractivity contribution is 9.10. The summed E-state index contributed by atoms with van der Waals surface area (Å²) in [5, 5.41) is 7.09. The third kappa shape index (κ3) is 3.38. The summed E-state index contributed by atoms with van der Waals surface area (Å²) < 4.78 is 0.928. The van der Waals surface area contributed by atoms with Crippen LogP contribution in [-0.2, 0) is 21.7 Å². The molecule has 5 heteroatoms. The number of para-hydroxylation sites is 1. The summed E-state index contributed by atoms with van der Waals surface area (Å²) in [5.41, 5.74) is 2.20. The second-order valence-electron chi connectivity index (χ2n) is 6.33. The van der Waals surface area contributed by atoms with Crippen molar-refractivity contribution in [2.45, 2.75) is 12.0 Å². The average molecular weight is 421 g/mol. The van der Waals surface area contributed by atoms with Crippen LogP contribution in [0.4, 0.5) is 5.69 Å². The van der Waals surface area contributed by atoms with Crippen LogP contribution in [-0.4, -0.2) is 12.1 Å². The fourth-order valence-corrected chi connectivity index (χ4v) is 3.64. The molecule has 0 bridgehead atoms. The quantitative estimate of drug-likeness (QED) is 0.471. The van der Waals surface area contributed by atoms with Gasteiger partial charge >= 0.3 is 0 Å². The molecule has 0 aromatic heterocycles. The lowest BCUT2D eigenvalue weighted by molar-refractivity contribution is -0.141. The van der Waals surface area contributed by atoms with Gasteiger partial charge in [0.2, 0.25) is 5.60 Å². The minimum atomic E-state index is -1.22. The number of nitrogens with one attached hydrogen (secondary N) is 1. The Hall–Kier alpha value is -2.92. The van der Waals surface area contributed by atoms with Crippen LogP contribution in [0.25, 0.3) is 0 Å². The van der Waals surface area contributed by atoms with Gasteiger partial charge in [0.1, 0.15) is 0 Å². The van der Waals surface area contributed by atoms with E-state index in [1.54, 1.807) is 6.21 Å². The zero-order valence-corrected chi connectivity index (χ0v) is 16.0. The van der Waals surface area contributed by atoms with E-state index in [2.05, 4.69) is 26.4 Å². The number of nitrogens with zero attached hydrogens (tertiary/aromatic N) is 1. The number of anilines is 1. The highest BCUT2D eigenvalue weighted by Crippen LogP contribution is 2.42. The molecule has 0 unspecified atom stereocenters.